The number of nitrogens with zero attached hydrogens (tertiary/aromatic N) is 2. The Bertz CT molecular complexity index is 1130. The van der Waals surface area contributed by atoms with Crippen molar-refractivity contribution in [1.82, 2.24) is 14.7 Å². The number of rotatable bonds is 4. The van der Waals surface area contributed by atoms with Crippen molar-refractivity contribution < 1.29 is 9.18 Å². The Morgan fingerprint density at radius 1 is 1.11 bits per heavy atom. The maximum Gasteiger partial charge on any atom is 0.319 e. The summed E-state index contributed by atoms with van der Waals surface area (Å²) < 4.78 is 15.1. The summed E-state index contributed by atoms with van der Waals surface area (Å²) >= 11 is 1.53. The van der Waals surface area contributed by atoms with E-state index in [4.69, 9.17) is 0 Å². The van der Waals surface area contributed by atoms with Crippen molar-refractivity contribution in [2.75, 3.05) is 5.32 Å². The first-order valence-electron chi connectivity index (χ1n) is 8.84. The molecule has 2 N–H and O–H groups in total. The van der Waals surface area contributed by atoms with E-state index in [0.29, 0.717) is 6.54 Å². The van der Waals surface area contributed by atoms with Crippen LogP contribution in [-0.2, 0) is 6.54 Å². The number of carbonyl (C=O) groups excluding carboxylic acids is 1. The van der Waals surface area contributed by atoms with Crippen molar-refractivity contribution in [3.8, 4) is 11.3 Å². The molecule has 0 atom stereocenters. The second-order valence-electron chi connectivity index (χ2n) is 6.57. The van der Waals surface area contributed by atoms with Gasteiger partial charge in [-0.15, -0.1) is 0 Å². The highest BCUT2D eigenvalue weighted by atomic mass is 32.1. The van der Waals surface area contributed by atoms with Gasteiger partial charge in [0.15, 0.2) is 4.96 Å². The molecule has 0 radical (unpaired) electrons. The summed E-state index contributed by atoms with van der Waals surface area (Å²) in [4.78, 5) is 18.6. The van der Waals surface area contributed by atoms with Gasteiger partial charge in [0.25, 0.3) is 0 Å². The Morgan fingerprint density at radius 3 is 2.50 bits per heavy atom. The fraction of sp³-hybridized carbons (Fsp3) is 0.143. The highest BCUT2D eigenvalue weighted by molar-refractivity contribution is 7.17. The van der Waals surface area contributed by atoms with Crippen LogP contribution in [0.1, 0.15) is 16.1 Å². The van der Waals surface area contributed by atoms with Crippen LogP contribution in [0.3, 0.4) is 0 Å². The number of urea groups is 1. The van der Waals surface area contributed by atoms with Gasteiger partial charge in [0, 0.05) is 28.0 Å². The van der Waals surface area contributed by atoms with Gasteiger partial charge in [-0.3, -0.25) is 4.40 Å². The van der Waals surface area contributed by atoms with Crippen molar-refractivity contribution in [2.45, 2.75) is 20.4 Å². The fourth-order valence-corrected chi connectivity index (χ4v) is 3.93. The molecule has 0 saturated carbocycles. The second-order valence-corrected chi connectivity index (χ2v) is 7.63. The Morgan fingerprint density at radius 2 is 1.82 bits per heavy atom. The lowest BCUT2D eigenvalue weighted by Gasteiger charge is -2.07. The Balaban J connectivity index is 1.45. The van der Waals surface area contributed by atoms with Gasteiger partial charge in [-0.25, -0.2) is 14.2 Å². The molecule has 0 saturated heterocycles. The number of fused-ring (bicyclic) bond motifs is 1. The fourth-order valence-electron chi connectivity index (χ4n) is 2.89. The Labute approximate surface area is 165 Å². The summed E-state index contributed by atoms with van der Waals surface area (Å²) in [5.41, 5.74) is 4.59. The molecule has 5 nitrogen and oxygen atoms in total. The molecule has 0 unspecified atom stereocenters. The predicted molar refractivity (Wildman–Crippen MR) is 110 cm³/mol. The number of halogens is 1. The average molecular weight is 394 g/mol. The maximum absolute atomic E-state index is 13.1. The summed E-state index contributed by atoms with van der Waals surface area (Å²) in [6.07, 6.45) is 1.93. The van der Waals surface area contributed by atoms with E-state index in [2.05, 4.69) is 15.6 Å². The molecule has 28 heavy (non-hydrogen) atoms. The number of amides is 2. The summed E-state index contributed by atoms with van der Waals surface area (Å²) in [6, 6.07) is 13.7. The number of hydrogen-bond donors (Lipinski definition) is 2. The number of aryl methyl sites for hydroxylation is 2. The minimum atomic E-state index is -0.266. The van der Waals surface area contributed by atoms with E-state index < -0.39 is 0 Å². The number of anilines is 1. The van der Waals surface area contributed by atoms with Gasteiger partial charge in [-0.2, -0.15) is 0 Å². The lowest BCUT2D eigenvalue weighted by molar-refractivity contribution is 0.252. The molecule has 0 aliphatic carbocycles. The van der Waals surface area contributed by atoms with Crippen LogP contribution in [0.4, 0.5) is 14.9 Å². The molecule has 7 heteroatoms. The summed E-state index contributed by atoms with van der Waals surface area (Å²) in [7, 11) is 0. The predicted octanol–water partition coefficient (Wildman–Crippen LogP) is 5.14. The largest absolute Gasteiger partial charge is 0.333 e. The highest BCUT2D eigenvalue weighted by Gasteiger charge is 2.13. The van der Waals surface area contributed by atoms with Gasteiger partial charge >= 0.3 is 6.03 Å². The number of aromatic nitrogens is 2. The van der Waals surface area contributed by atoms with Gasteiger partial charge in [0.2, 0.25) is 0 Å². The van der Waals surface area contributed by atoms with E-state index in [-0.39, 0.29) is 11.8 Å². The van der Waals surface area contributed by atoms with Gasteiger partial charge in [0.05, 0.1) is 12.2 Å². The minimum Gasteiger partial charge on any atom is -0.333 e. The number of hydrogen-bond acceptors (Lipinski definition) is 3. The summed E-state index contributed by atoms with van der Waals surface area (Å²) in [6.45, 7) is 4.42. The van der Waals surface area contributed by atoms with E-state index in [0.717, 1.165) is 38.0 Å². The van der Waals surface area contributed by atoms with Crippen LogP contribution < -0.4 is 10.6 Å². The third kappa shape index (κ3) is 3.75. The zero-order valence-corrected chi connectivity index (χ0v) is 16.3. The second kappa shape index (κ2) is 7.44. The number of nitrogens with one attached hydrogen (secondary N) is 2. The molecule has 4 aromatic rings. The standard InChI is InChI=1S/C21H19FN4OS/c1-13-3-9-17(10-4-13)24-20(27)23-11-19-14(2)26-12-18(25-21(26)28-19)15-5-7-16(22)8-6-15/h3-10,12H,11H2,1-2H3,(H2,23,24,27). The highest BCUT2D eigenvalue weighted by Crippen LogP contribution is 2.27. The van der Waals surface area contributed by atoms with Crippen LogP contribution in [-0.4, -0.2) is 15.4 Å². The first-order valence-corrected chi connectivity index (χ1v) is 9.66. The van der Waals surface area contributed by atoms with Gasteiger partial charge in [0.1, 0.15) is 5.82 Å². The van der Waals surface area contributed by atoms with E-state index in [1.807, 2.05) is 48.7 Å². The van der Waals surface area contributed by atoms with Crippen LogP contribution in [0.15, 0.2) is 54.7 Å². The zero-order valence-electron chi connectivity index (χ0n) is 15.5. The van der Waals surface area contributed by atoms with E-state index >= 15 is 0 Å². The molecular weight excluding hydrogens is 375 g/mol. The van der Waals surface area contributed by atoms with E-state index in [1.165, 1.54) is 23.5 Å². The van der Waals surface area contributed by atoms with Crippen LogP contribution in [0.25, 0.3) is 16.2 Å². The first kappa shape index (κ1) is 18.2. The number of thiazole rings is 1. The molecule has 2 aromatic carbocycles. The van der Waals surface area contributed by atoms with Crippen molar-refractivity contribution in [1.29, 1.82) is 0 Å². The van der Waals surface area contributed by atoms with Crippen LogP contribution in [0, 0.1) is 19.7 Å². The first-order chi connectivity index (χ1) is 13.5. The lowest BCUT2D eigenvalue weighted by atomic mass is 10.2. The Kier molecular flexibility index (Phi) is 4.83. The number of imidazole rings is 1. The van der Waals surface area contributed by atoms with Crippen LogP contribution >= 0.6 is 11.3 Å². The summed E-state index contributed by atoms with van der Waals surface area (Å²) in [5, 5.41) is 5.71. The smallest absolute Gasteiger partial charge is 0.319 e. The van der Waals surface area contributed by atoms with E-state index in [1.54, 1.807) is 12.1 Å². The zero-order chi connectivity index (χ0) is 19.7. The van der Waals surface area contributed by atoms with Gasteiger partial charge in [-0.1, -0.05) is 29.0 Å². The SMILES string of the molecule is Cc1ccc(NC(=O)NCc2sc3nc(-c4ccc(F)cc4)cn3c2C)cc1. The topological polar surface area (TPSA) is 58.4 Å². The molecule has 4 rings (SSSR count). The molecule has 2 aromatic heterocycles. The average Bonchev–Trinajstić information content (AvgIpc) is 3.22. The Hall–Kier alpha value is -3.19. The monoisotopic (exact) mass is 394 g/mol. The minimum absolute atomic E-state index is 0.249. The molecule has 0 aliphatic rings. The van der Waals surface area contributed by atoms with Crippen molar-refractivity contribution >= 4 is 28.0 Å². The third-order valence-corrected chi connectivity index (χ3v) is 5.67. The molecule has 2 amide bonds. The van der Waals surface area contributed by atoms with Gasteiger partial charge < -0.3 is 10.6 Å². The van der Waals surface area contributed by atoms with Crippen molar-refractivity contribution in [2.24, 2.45) is 0 Å². The summed E-state index contributed by atoms with van der Waals surface area (Å²) in [5.74, 6) is -0.266. The molecule has 0 bridgehead atoms. The number of benzene rings is 2. The molecule has 0 fully saturated rings. The van der Waals surface area contributed by atoms with Gasteiger partial charge in [-0.05, 0) is 50.2 Å². The quantitative estimate of drug-likeness (QED) is 0.503. The van der Waals surface area contributed by atoms with Crippen LogP contribution in [0.5, 0.6) is 0 Å². The normalized spacial score (nSPS) is 11.0. The lowest BCUT2D eigenvalue weighted by Crippen LogP contribution is -2.28. The van der Waals surface area contributed by atoms with E-state index in [9.17, 15) is 9.18 Å². The molecule has 0 aliphatic heterocycles. The molecule has 142 valence electrons. The van der Waals surface area contributed by atoms with Crippen molar-refractivity contribution in [3.05, 3.63) is 76.7 Å². The molecular formula is C21H19FN4OS. The molecule has 2 heterocycles. The third-order valence-electron chi connectivity index (χ3n) is 4.51. The van der Waals surface area contributed by atoms with Crippen LogP contribution in [0.2, 0.25) is 0 Å². The number of carbonyl (C=O) groups is 1. The maximum atomic E-state index is 13.1. The molecule has 0 spiro atoms. The van der Waals surface area contributed by atoms with Crippen molar-refractivity contribution in [3.63, 3.8) is 0 Å².